The van der Waals surface area contributed by atoms with Crippen molar-refractivity contribution in [3.8, 4) is 0 Å². The van der Waals surface area contributed by atoms with Gasteiger partial charge in [0.25, 0.3) is 0 Å². The van der Waals surface area contributed by atoms with Gasteiger partial charge in [0.1, 0.15) is 5.60 Å². The summed E-state index contributed by atoms with van der Waals surface area (Å²) in [5, 5.41) is 0. The molecule has 0 saturated heterocycles. The molecule has 1 aliphatic rings. The van der Waals surface area contributed by atoms with Crippen molar-refractivity contribution in [1.82, 2.24) is 4.90 Å². The molecule has 0 amide bonds. The molecule has 0 spiro atoms. The number of esters is 1. The summed E-state index contributed by atoms with van der Waals surface area (Å²) in [5.41, 5.74) is 2.10. The van der Waals surface area contributed by atoms with Crippen LogP contribution in [0.1, 0.15) is 71.6 Å². The van der Waals surface area contributed by atoms with Crippen molar-refractivity contribution in [2.24, 2.45) is 17.8 Å². The smallest absolute Gasteiger partial charge is 0.311 e. The maximum atomic E-state index is 13.3. The SMILES string of the molecule is CC(C)[C@@H]1CC[C@@H](C(=O)OC(C)(C)C)[C@H]1N(Cc1ccccc1)[C@@H](C)c1ccccc1. The summed E-state index contributed by atoms with van der Waals surface area (Å²) in [7, 11) is 0. The second-order valence-corrected chi connectivity index (χ2v) is 10.4. The molecule has 0 unspecified atom stereocenters. The van der Waals surface area contributed by atoms with Crippen molar-refractivity contribution in [2.45, 2.75) is 78.6 Å². The molecule has 1 aliphatic carbocycles. The van der Waals surface area contributed by atoms with Gasteiger partial charge in [-0.05, 0) is 63.5 Å². The molecule has 2 aromatic carbocycles. The van der Waals surface area contributed by atoms with Crippen LogP contribution in [0.3, 0.4) is 0 Å². The molecule has 4 atom stereocenters. The summed E-state index contributed by atoms with van der Waals surface area (Å²) >= 11 is 0. The fourth-order valence-electron chi connectivity index (χ4n) is 5.07. The van der Waals surface area contributed by atoms with E-state index in [-0.39, 0.29) is 24.0 Å². The van der Waals surface area contributed by atoms with Crippen LogP contribution < -0.4 is 0 Å². The fraction of sp³-hybridized carbons (Fsp3) is 0.536. The quantitative estimate of drug-likeness (QED) is 0.469. The Kier molecular flexibility index (Phi) is 7.59. The summed E-state index contributed by atoms with van der Waals surface area (Å²) < 4.78 is 5.90. The molecule has 3 rings (SSSR count). The molecule has 1 fully saturated rings. The molecule has 1 saturated carbocycles. The van der Waals surface area contributed by atoms with Crippen molar-refractivity contribution in [1.29, 1.82) is 0 Å². The number of carbonyl (C=O) groups is 1. The second kappa shape index (κ2) is 9.99. The summed E-state index contributed by atoms with van der Waals surface area (Å²) in [6.07, 6.45) is 1.97. The third-order valence-corrected chi connectivity index (χ3v) is 6.60. The number of ether oxygens (including phenoxy) is 1. The number of nitrogens with zero attached hydrogens (tertiary/aromatic N) is 1. The first-order chi connectivity index (χ1) is 14.7. The van der Waals surface area contributed by atoms with Crippen molar-refractivity contribution in [2.75, 3.05) is 0 Å². The van der Waals surface area contributed by atoms with Gasteiger partial charge in [0.15, 0.2) is 0 Å². The Hall–Kier alpha value is -2.13. The minimum Gasteiger partial charge on any atom is -0.460 e. The summed E-state index contributed by atoms with van der Waals surface area (Å²) in [5.74, 6) is 0.839. The van der Waals surface area contributed by atoms with Gasteiger partial charge in [0, 0.05) is 18.6 Å². The molecule has 0 heterocycles. The van der Waals surface area contributed by atoms with Crippen LogP contribution in [-0.4, -0.2) is 22.5 Å². The predicted octanol–water partition coefficient (Wildman–Crippen LogP) is 6.64. The zero-order valence-corrected chi connectivity index (χ0v) is 20.0. The van der Waals surface area contributed by atoms with Gasteiger partial charge < -0.3 is 4.74 Å². The molecule has 31 heavy (non-hydrogen) atoms. The molecular weight excluding hydrogens is 382 g/mol. The lowest BCUT2D eigenvalue weighted by Gasteiger charge is -2.41. The average Bonchev–Trinajstić information content (AvgIpc) is 3.17. The van der Waals surface area contributed by atoms with E-state index in [4.69, 9.17) is 4.74 Å². The second-order valence-electron chi connectivity index (χ2n) is 10.4. The Morgan fingerprint density at radius 3 is 2.10 bits per heavy atom. The van der Waals surface area contributed by atoms with E-state index < -0.39 is 5.60 Å². The van der Waals surface area contributed by atoms with E-state index in [0.29, 0.717) is 11.8 Å². The van der Waals surface area contributed by atoms with Crippen LogP contribution in [0, 0.1) is 17.8 Å². The summed E-state index contributed by atoms with van der Waals surface area (Å²) in [6, 6.07) is 21.7. The minimum absolute atomic E-state index is 0.0426. The fourth-order valence-corrected chi connectivity index (χ4v) is 5.07. The van der Waals surface area contributed by atoms with E-state index >= 15 is 0 Å². The van der Waals surface area contributed by atoms with Gasteiger partial charge in [0.2, 0.25) is 0 Å². The van der Waals surface area contributed by atoms with Gasteiger partial charge in [-0.3, -0.25) is 9.69 Å². The average molecular weight is 422 g/mol. The molecule has 3 nitrogen and oxygen atoms in total. The third-order valence-electron chi connectivity index (χ3n) is 6.60. The largest absolute Gasteiger partial charge is 0.460 e. The van der Waals surface area contributed by atoms with Crippen LogP contribution >= 0.6 is 0 Å². The normalized spacial score (nSPS) is 22.6. The van der Waals surface area contributed by atoms with E-state index in [1.54, 1.807) is 0 Å². The van der Waals surface area contributed by atoms with Crippen LogP contribution in [0.2, 0.25) is 0 Å². The maximum absolute atomic E-state index is 13.3. The first kappa shape index (κ1) is 23.5. The van der Waals surface area contributed by atoms with E-state index in [0.717, 1.165) is 19.4 Å². The van der Waals surface area contributed by atoms with E-state index in [1.165, 1.54) is 11.1 Å². The zero-order chi connectivity index (χ0) is 22.6. The van der Waals surface area contributed by atoms with E-state index in [9.17, 15) is 4.79 Å². The lowest BCUT2D eigenvalue weighted by molar-refractivity contribution is -0.162. The Balaban J connectivity index is 2.00. The van der Waals surface area contributed by atoms with Gasteiger partial charge >= 0.3 is 5.97 Å². The van der Waals surface area contributed by atoms with Gasteiger partial charge in [-0.15, -0.1) is 0 Å². The van der Waals surface area contributed by atoms with Crippen molar-refractivity contribution in [3.63, 3.8) is 0 Å². The number of benzene rings is 2. The van der Waals surface area contributed by atoms with Gasteiger partial charge in [-0.2, -0.15) is 0 Å². The first-order valence-electron chi connectivity index (χ1n) is 11.7. The minimum atomic E-state index is -0.465. The van der Waals surface area contributed by atoms with Crippen LogP contribution in [0.25, 0.3) is 0 Å². The zero-order valence-electron chi connectivity index (χ0n) is 20.0. The molecule has 3 heteroatoms. The molecule has 0 aromatic heterocycles. The number of rotatable bonds is 7. The summed E-state index contributed by atoms with van der Waals surface area (Å²) in [4.78, 5) is 15.9. The highest BCUT2D eigenvalue weighted by atomic mass is 16.6. The molecule has 0 radical (unpaired) electrons. The predicted molar refractivity (Wildman–Crippen MR) is 128 cm³/mol. The Bertz CT molecular complexity index is 825. The van der Waals surface area contributed by atoms with E-state index in [1.807, 2.05) is 20.8 Å². The Morgan fingerprint density at radius 1 is 0.968 bits per heavy atom. The molecular formula is C28H39NO2. The highest BCUT2D eigenvalue weighted by Crippen LogP contribution is 2.44. The molecule has 0 N–H and O–H groups in total. The maximum Gasteiger partial charge on any atom is 0.311 e. The topological polar surface area (TPSA) is 29.5 Å². The summed E-state index contributed by atoms with van der Waals surface area (Å²) in [6.45, 7) is 13.6. The Morgan fingerprint density at radius 2 is 1.55 bits per heavy atom. The van der Waals surface area contributed by atoms with Crippen molar-refractivity contribution < 1.29 is 9.53 Å². The van der Waals surface area contributed by atoms with Crippen LogP contribution in [0.5, 0.6) is 0 Å². The van der Waals surface area contributed by atoms with Crippen molar-refractivity contribution in [3.05, 3.63) is 71.8 Å². The van der Waals surface area contributed by atoms with Crippen LogP contribution in [-0.2, 0) is 16.1 Å². The lowest BCUT2D eigenvalue weighted by Crippen LogP contribution is -2.47. The number of hydrogen-bond acceptors (Lipinski definition) is 3. The van der Waals surface area contributed by atoms with Gasteiger partial charge in [0.05, 0.1) is 5.92 Å². The third kappa shape index (κ3) is 5.98. The molecule has 0 aliphatic heterocycles. The van der Waals surface area contributed by atoms with E-state index in [2.05, 4.69) is 86.3 Å². The molecule has 2 aromatic rings. The highest BCUT2D eigenvalue weighted by Gasteiger charge is 2.47. The Labute approximate surface area is 188 Å². The monoisotopic (exact) mass is 421 g/mol. The van der Waals surface area contributed by atoms with Crippen LogP contribution in [0.4, 0.5) is 0 Å². The number of carbonyl (C=O) groups excluding carboxylic acids is 1. The molecule has 0 bridgehead atoms. The van der Waals surface area contributed by atoms with Gasteiger partial charge in [-0.25, -0.2) is 0 Å². The van der Waals surface area contributed by atoms with Crippen LogP contribution in [0.15, 0.2) is 60.7 Å². The molecule has 168 valence electrons. The highest BCUT2D eigenvalue weighted by molar-refractivity contribution is 5.74. The van der Waals surface area contributed by atoms with Gasteiger partial charge in [-0.1, -0.05) is 74.5 Å². The number of hydrogen-bond donors (Lipinski definition) is 0. The first-order valence-corrected chi connectivity index (χ1v) is 11.7. The lowest BCUT2D eigenvalue weighted by atomic mass is 9.85. The standard InChI is InChI=1S/C28H39NO2/c1-20(2)24-17-18-25(27(30)31-28(4,5)6)26(24)29(19-22-13-9-7-10-14-22)21(3)23-15-11-8-12-16-23/h7-16,20-21,24-26H,17-19H2,1-6H3/t21-,24-,25+,26-/m0/s1. The van der Waals surface area contributed by atoms with Crippen molar-refractivity contribution >= 4 is 5.97 Å².